The SMILES string of the molecule is CCOC(=O)C1=C(COc2ccc(F)cc2)N(C)C(=O)N[C@H]1c1ccc(C)cc1C. The summed E-state index contributed by atoms with van der Waals surface area (Å²) in [6.07, 6.45) is 0. The average molecular weight is 412 g/mol. The lowest BCUT2D eigenvalue weighted by atomic mass is 9.91. The first kappa shape index (κ1) is 21.4. The van der Waals surface area contributed by atoms with Crippen LogP contribution in [0.5, 0.6) is 5.75 Å². The highest BCUT2D eigenvalue weighted by molar-refractivity contribution is 5.95. The van der Waals surface area contributed by atoms with Crippen LogP contribution in [-0.4, -0.2) is 37.2 Å². The molecule has 0 aromatic heterocycles. The number of esters is 1. The first-order chi connectivity index (χ1) is 14.3. The molecule has 0 bridgehead atoms. The normalized spacial score (nSPS) is 16.4. The molecule has 0 saturated carbocycles. The minimum atomic E-state index is -0.667. The van der Waals surface area contributed by atoms with Crippen molar-refractivity contribution in [3.05, 3.63) is 76.2 Å². The number of nitrogens with zero attached hydrogens (tertiary/aromatic N) is 1. The summed E-state index contributed by atoms with van der Waals surface area (Å²) in [5.41, 5.74) is 3.55. The standard InChI is InChI=1S/C23H25FN2O4/c1-5-29-22(27)20-19(13-30-17-9-7-16(24)8-10-17)26(4)23(28)25-21(20)18-11-6-14(2)12-15(18)3/h6-12,21H,5,13H2,1-4H3,(H,25,28)/t21-/m0/s1. The van der Waals surface area contributed by atoms with E-state index in [2.05, 4.69) is 5.32 Å². The minimum absolute atomic E-state index is 0.0505. The number of benzene rings is 2. The van der Waals surface area contributed by atoms with Gasteiger partial charge in [-0.1, -0.05) is 23.8 Å². The van der Waals surface area contributed by atoms with E-state index in [4.69, 9.17) is 9.47 Å². The zero-order valence-corrected chi connectivity index (χ0v) is 17.5. The lowest BCUT2D eigenvalue weighted by Gasteiger charge is -2.35. The zero-order chi connectivity index (χ0) is 21.8. The number of carbonyl (C=O) groups is 2. The Labute approximate surface area is 175 Å². The van der Waals surface area contributed by atoms with Gasteiger partial charge in [-0.3, -0.25) is 4.90 Å². The Bertz CT molecular complexity index is 985. The number of halogens is 1. The van der Waals surface area contributed by atoms with Crippen molar-refractivity contribution in [2.45, 2.75) is 26.8 Å². The second-order valence-corrected chi connectivity index (χ2v) is 7.12. The number of likely N-dealkylation sites (N-methyl/N-ethyl adjacent to an activating group) is 1. The van der Waals surface area contributed by atoms with E-state index in [1.165, 1.54) is 29.2 Å². The van der Waals surface area contributed by atoms with E-state index in [-0.39, 0.29) is 25.1 Å². The molecule has 1 aliphatic heterocycles. The summed E-state index contributed by atoms with van der Waals surface area (Å²) in [7, 11) is 1.57. The van der Waals surface area contributed by atoms with Gasteiger partial charge in [-0.15, -0.1) is 0 Å². The van der Waals surface area contributed by atoms with Gasteiger partial charge in [0.05, 0.1) is 23.9 Å². The summed E-state index contributed by atoms with van der Waals surface area (Å²) in [5.74, 6) is -0.473. The fourth-order valence-corrected chi connectivity index (χ4v) is 3.45. The molecule has 0 unspecified atom stereocenters. The number of amides is 2. The highest BCUT2D eigenvalue weighted by Gasteiger charge is 2.37. The summed E-state index contributed by atoms with van der Waals surface area (Å²) >= 11 is 0. The Morgan fingerprint density at radius 1 is 1.17 bits per heavy atom. The molecule has 2 aromatic rings. The number of urea groups is 1. The van der Waals surface area contributed by atoms with E-state index in [9.17, 15) is 14.0 Å². The Balaban J connectivity index is 2.05. The minimum Gasteiger partial charge on any atom is -0.487 e. The molecule has 1 heterocycles. The Hall–Kier alpha value is -3.35. The summed E-state index contributed by atoms with van der Waals surface area (Å²) in [4.78, 5) is 26.9. The molecule has 0 spiro atoms. The Morgan fingerprint density at radius 3 is 2.50 bits per heavy atom. The van der Waals surface area contributed by atoms with Crippen molar-refractivity contribution in [2.24, 2.45) is 0 Å². The largest absolute Gasteiger partial charge is 0.487 e. The molecule has 2 amide bonds. The van der Waals surface area contributed by atoms with Gasteiger partial charge in [0, 0.05) is 7.05 Å². The molecular formula is C23H25FN2O4. The molecule has 30 heavy (non-hydrogen) atoms. The number of hydrogen-bond acceptors (Lipinski definition) is 4. The molecule has 158 valence electrons. The van der Waals surface area contributed by atoms with Crippen molar-refractivity contribution in [3.63, 3.8) is 0 Å². The maximum atomic E-state index is 13.2. The molecule has 7 heteroatoms. The average Bonchev–Trinajstić information content (AvgIpc) is 2.70. The first-order valence-corrected chi connectivity index (χ1v) is 9.71. The summed E-state index contributed by atoms with van der Waals surface area (Å²) in [6, 6.07) is 10.4. The van der Waals surface area contributed by atoms with Gasteiger partial charge in [0.1, 0.15) is 18.2 Å². The van der Waals surface area contributed by atoms with Crippen LogP contribution in [0.3, 0.4) is 0 Å². The molecule has 0 aliphatic carbocycles. The van der Waals surface area contributed by atoms with Crippen LogP contribution >= 0.6 is 0 Å². The van der Waals surface area contributed by atoms with Crippen molar-refractivity contribution < 1.29 is 23.5 Å². The molecular weight excluding hydrogens is 387 g/mol. The van der Waals surface area contributed by atoms with Crippen LogP contribution in [-0.2, 0) is 9.53 Å². The van der Waals surface area contributed by atoms with Gasteiger partial charge in [0.15, 0.2) is 0 Å². The number of nitrogens with one attached hydrogen (secondary N) is 1. The van der Waals surface area contributed by atoms with Gasteiger partial charge in [0.25, 0.3) is 0 Å². The Kier molecular flexibility index (Phi) is 6.40. The van der Waals surface area contributed by atoms with Crippen LogP contribution in [0, 0.1) is 19.7 Å². The molecule has 6 nitrogen and oxygen atoms in total. The highest BCUT2D eigenvalue weighted by Crippen LogP contribution is 2.33. The van der Waals surface area contributed by atoms with Crippen LogP contribution in [0.15, 0.2) is 53.7 Å². The maximum Gasteiger partial charge on any atom is 0.338 e. The fourth-order valence-electron chi connectivity index (χ4n) is 3.45. The summed E-state index contributed by atoms with van der Waals surface area (Å²) in [6.45, 7) is 5.79. The maximum absolute atomic E-state index is 13.2. The van der Waals surface area contributed by atoms with Crippen molar-refractivity contribution in [1.82, 2.24) is 10.2 Å². The molecule has 1 N–H and O–H groups in total. The zero-order valence-electron chi connectivity index (χ0n) is 17.5. The second kappa shape index (κ2) is 8.98. The van der Waals surface area contributed by atoms with Gasteiger partial charge in [-0.2, -0.15) is 0 Å². The lowest BCUT2D eigenvalue weighted by Crippen LogP contribution is -2.48. The molecule has 3 rings (SSSR count). The third-order valence-corrected chi connectivity index (χ3v) is 5.00. The van der Waals surface area contributed by atoms with E-state index in [1.54, 1.807) is 14.0 Å². The van der Waals surface area contributed by atoms with Gasteiger partial charge in [0.2, 0.25) is 0 Å². The first-order valence-electron chi connectivity index (χ1n) is 9.71. The predicted octanol–water partition coefficient (Wildman–Crippen LogP) is 4.03. The van der Waals surface area contributed by atoms with Crippen molar-refractivity contribution in [3.8, 4) is 5.75 Å². The number of hydrogen-bond donors (Lipinski definition) is 1. The topological polar surface area (TPSA) is 67.9 Å². The van der Waals surface area contributed by atoms with Crippen molar-refractivity contribution in [2.75, 3.05) is 20.3 Å². The van der Waals surface area contributed by atoms with Crippen LogP contribution in [0.4, 0.5) is 9.18 Å². The van der Waals surface area contributed by atoms with E-state index in [0.717, 1.165) is 16.7 Å². The molecule has 2 aromatic carbocycles. The molecule has 1 aliphatic rings. The van der Waals surface area contributed by atoms with Gasteiger partial charge in [-0.05, 0) is 56.2 Å². The monoisotopic (exact) mass is 412 g/mol. The van der Waals surface area contributed by atoms with E-state index < -0.39 is 12.0 Å². The lowest BCUT2D eigenvalue weighted by molar-refractivity contribution is -0.139. The number of carbonyl (C=O) groups excluding carboxylic acids is 2. The second-order valence-electron chi connectivity index (χ2n) is 7.12. The van der Waals surface area contributed by atoms with Crippen LogP contribution in [0.1, 0.15) is 29.7 Å². The predicted molar refractivity (Wildman–Crippen MR) is 111 cm³/mol. The number of rotatable bonds is 6. The quantitative estimate of drug-likeness (QED) is 0.728. The molecule has 0 saturated heterocycles. The third kappa shape index (κ3) is 4.45. The van der Waals surface area contributed by atoms with E-state index in [0.29, 0.717) is 17.0 Å². The highest BCUT2D eigenvalue weighted by atomic mass is 19.1. The summed E-state index contributed by atoms with van der Waals surface area (Å²) < 4.78 is 24.2. The summed E-state index contributed by atoms with van der Waals surface area (Å²) in [5, 5.41) is 2.89. The van der Waals surface area contributed by atoms with Crippen LogP contribution < -0.4 is 10.1 Å². The Morgan fingerprint density at radius 2 is 1.87 bits per heavy atom. The van der Waals surface area contributed by atoms with Gasteiger partial charge >= 0.3 is 12.0 Å². The van der Waals surface area contributed by atoms with Crippen molar-refractivity contribution >= 4 is 12.0 Å². The van der Waals surface area contributed by atoms with E-state index in [1.807, 2.05) is 32.0 Å². The van der Waals surface area contributed by atoms with Crippen LogP contribution in [0.25, 0.3) is 0 Å². The molecule has 0 radical (unpaired) electrons. The fraction of sp³-hybridized carbons (Fsp3) is 0.304. The van der Waals surface area contributed by atoms with Gasteiger partial charge in [-0.25, -0.2) is 14.0 Å². The number of ether oxygens (including phenoxy) is 2. The smallest absolute Gasteiger partial charge is 0.338 e. The number of aryl methyl sites for hydroxylation is 2. The van der Waals surface area contributed by atoms with Gasteiger partial charge < -0.3 is 14.8 Å². The van der Waals surface area contributed by atoms with E-state index >= 15 is 0 Å². The molecule has 1 atom stereocenters. The van der Waals surface area contributed by atoms with Crippen molar-refractivity contribution in [1.29, 1.82) is 0 Å². The molecule has 0 fully saturated rings. The third-order valence-electron chi connectivity index (χ3n) is 5.00. The van der Waals surface area contributed by atoms with Crippen LogP contribution in [0.2, 0.25) is 0 Å².